The summed E-state index contributed by atoms with van der Waals surface area (Å²) in [5, 5.41) is 0.303. The van der Waals surface area contributed by atoms with E-state index in [1.807, 2.05) is 0 Å². The maximum Gasteiger partial charge on any atom is 0.192 e. The molecule has 0 saturated heterocycles. The van der Waals surface area contributed by atoms with Crippen LogP contribution in [0.2, 0.25) is 18.1 Å². The Morgan fingerprint density at radius 1 is 1.26 bits per heavy atom. The molecule has 0 aromatic carbocycles. The molecule has 0 amide bonds. The molecule has 0 aliphatic heterocycles. The van der Waals surface area contributed by atoms with Gasteiger partial charge in [0, 0.05) is 0 Å². The van der Waals surface area contributed by atoms with Crippen molar-refractivity contribution < 1.29 is 4.43 Å². The Bertz CT molecular complexity index is 409. The molecule has 0 unspecified atom stereocenters. The van der Waals surface area contributed by atoms with E-state index in [1.54, 1.807) is 5.57 Å². The van der Waals surface area contributed by atoms with Crippen LogP contribution in [0.4, 0.5) is 0 Å². The van der Waals surface area contributed by atoms with Crippen LogP contribution in [0.25, 0.3) is 0 Å². The molecule has 2 aliphatic carbocycles. The molecule has 1 saturated carbocycles. The van der Waals surface area contributed by atoms with Gasteiger partial charge >= 0.3 is 0 Å². The van der Waals surface area contributed by atoms with Crippen molar-refractivity contribution in [3.8, 4) is 0 Å². The van der Waals surface area contributed by atoms with Gasteiger partial charge in [0.1, 0.15) is 0 Å². The molecule has 0 spiro atoms. The number of rotatable bonds is 3. The second-order valence-electron chi connectivity index (χ2n) is 7.43. The third-order valence-corrected chi connectivity index (χ3v) is 9.47. The summed E-state index contributed by atoms with van der Waals surface area (Å²) in [5.41, 5.74) is 1.59. The predicted molar refractivity (Wildman–Crippen MR) is 85.7 cm³/mol. The highest BCUT2D eigenvalue weighted by atomic mass is 28.4. The number of fused-ring (bicyclic) bond motifs is 2. The molecule has 19 heavy (non-hydrogen) atoms. The van der Waals surface area contributed by atoms with E-state index >= 15 is 0 Å². The smallest absolute Gasteiger partial charge is 0.192 e. The average molecular weight is 276 g/mol. The van der Waals surface area contributed by atoms with Crippen molar-refractivity contribution in [3.05, 3.63) is 36.0 Å². The van der Waals surface area contributed by atoms with Crippen LogP contribution in [0, 0.1) is 11.8 Å². The van der Waals surface area contributed by atoms with Gasteiger partial charge in [-0.15, -0.1) is 0 Å². The summed E-state index contributed by atoms with van der Waals surface area (Å²) >= 11 is 0. The first-order valence-corrected chi connectivity index (χ1v) is 10.4. The van der Waals surface area contributed by atoms with Gasteiger partial charge in [0.05, 0.1) is 6.61 Å². The summed E-state index contributed by atoms with van der Waals surface area (Å²) < 4.78 is 6.26. The summed E-state index contributed by atoms with van der Waals surface area (Å²) in [4.78, 5) is 0. The van der Waals surface area contributed by atoms with Crippen LogP contribution in [0.15, 0.2) is 36.0 Å². The molecule has 2 atom stereocenters. The van der Waals surface area contributed by atoms with Gasteiger partial charge in [0.2, 0.25) is 0 Å². The fraction of sp³-hybridized carbons (Fsp3) is 0.647. The van der Waals surface area contributed by atoms with Gasteiger partial charge in [-0.1, -0.05) is 56.7 Å². The van der Waals surface area contributed by atoms with E-state index in [0.717, 1.165) is 12.5 Å². The van der Waals surface area contributed by atoms with Crippen molar-refractivity contribution in [1.82, 2.24) is 0 Å². The molecule has 0 N–H and O–H groups in total. The molecule has 0 radical (unpaired) electrons. The minimum atomic E-state index is -1.60. The average Bonchev–Trinajstić information content (AvgIpc) is 2.50. The molecule has 0 aromatic rings. The lowest BCUT2D eigenvalue weighted by Crippen LogP contribution is -2.40. The lowest BCUT2D eigenvalue weighted by molar-refractivity contribution is 0.326. The number of hydrogen-bond donors (Lipinski definition) is 0. The van der Waals surface area contributed by atoms with Crippen LogP contribution < -0.4 is 0 Å². The molecule has 2 heteroatoms. The predicted octanol–water partition coefficient (Wildman–Crippen LogP) is 5.09. The number of hydrogen-bond acceptors (Lipinski definition) is 1. The van der Waals surface area contributed by atoms with Gasteiger partial charge in [0.25, 0.3) is 0 Å². The van der Waals surface area contributed by atoms with Crippen LogP contribution in [-0.4, -0.2) is 14.9 Å². The van der Waals surface area contributed by atoms with Crippen LogP contribution in [0.1, 0.15) is 33.6 Å². The Balaban J connectivity index is 1.94. The Hall–Kier alpha value is -0.603. The summed E-state index contributed by atoms with van der Waals surface area (Å²) in [6, 6.07) is 0. The second kappa shape index (κ2) is 5.41. The van der Waals surface area contributed by atoms with E-state index in [9.17, 15) is 0 Å². The van der Waals surface area contributed by atoms with Gasteiger partial charge < -0.3 is 4.43 Å². The van der Waals surface area contributed by atoms with Crippen molar-refractivity contribution in [1.29, 1.82) is 0 Å². The van der Waals surface area contributed by atoms with E-state index in [-0.39, 0.29) is 0 Å². The molecule has 0 aromatic heterocycles. The summed E-state index contributed by atoms with van der Waals surface area (Å²) in [5.74, 6) is 1.40. The summed E-state index contributed by atoms with van der Waals surface area (Å²) in [6.07, 6.45) is 14.0. The standard InChI is InChI=1S/C17H28OSi/c1-17(2,3)19(4,5)18-11-10-16-13-14-8-6-7-9-15(16)12-14/h6-10,14-15H,11-13H2,1-5H3/b16-10+/t14-,15+/m1/s1. The second-order valence-corrected chi connectivity index (χ2v) is 12.2. The van der Waals surface area contributed by atoms with E-state index in [0.29, 0.717) is 11.0 Å². The maximum absolute atomic E-state index is 6.26. The molecule has 0 heterocycles. The Labute approximate surface area is 119 Å². The molecule has 1 fully saturated rings. The van der Waals surface area contributed by atoms with Gasteiger partial charge in [-0.05, 0) is 42.8 Å². The van der Waals surface area contributed by atoms with Crippen molar-refractivity contribution in [2.75, 3.05) is 6.61 Å². The highest BCUT2D eigenvalue weighted by Gasteiger charge is 2.37. The van der Waals surface area contributed by atoms with Crippen LogP contribution >= 0.6 is 0 Å². The molecule has 106 valence electrons. The minimum Gasteiger partial charge on any atom is -0.413 e. The van der Waals surface area contributed by atoms with E-state index < -0.39 is 8.32 Å². The van der Waals surface area contributed by atoms with E-state index in [4.69, 9.17) is 4.43 Å². The molecule has 2 rings (SSSR count). The molecular weight excluding hydrogens is 248 g/mol. The largest absolute Gasteiger partial charge is 0.413 e. The monoisotopic (exact) mass is 276 g/mol. The van der Waals surface area contributed by atoms with Gasteiger partial charge in [0.15, 0.2) is 8.32 Å². The highest BCUT2D eigenvalue weighted by Crippen LogP contribution is 2.40. The van der Waals surface area contributed by atoms with Crippen molar-refractivity contribution in [2.45, 2.75) is 51.7 Å². The zero-order valence-electron chi connectivity index (χ0n) is 13.1. The zero-order valence-corrected chi connectivity index (χ0v) is 14.1. The number of allylic oxidation sites excluding steroid dienone is 5. The van der Waals surface area contributed by atoms with E-state index in [1.165, 1.54) is 12.8 Å². The van der Waals surface area contributed by atoms with Gasteiger partial charge in [-0.2, -0.15) is 0 Å². The SMILES string of the molecule is CC(C)(C)[Si](C)(C)OC/C=C1\C[C@@H]2C=CC=C[C@H]1C2. The fourth-order valence-electron chi connectivity index (χ4n) is 2.59. The molecular formula is C17H28OSi. The molecule has 1 nitrogen and oxygen atoms in total. The summed E-state index contributed by atoms with van der Waals surface area (Å²) in [6.45, 7) is 12.3. The third kappa shape index (κ3) is 3.49. The quantitative estimate of drug-likeness (QED) is 0.515. The first-order valence-electron chi connectivity index (χ1n) is 7.47. The zero-order chi connectivity index (χ0) is 14.1. The van der Waals surface area contributed by atoms with Gasteiger partial charge in [-0.25, -0.2) is 0 Å². The van der Waals surface area contributed by atoms with Crippen LogP contribution in [0.5, 0.6) is 0 Å². The van der Waals surface area contributed by atoms with Crippen molar-refractivity contribution >= 4 is 8.32 Å². The Morgan fingerprint density at radius 2 is 1.95 bits per heavy atom. The fourth-order valence-corrected chi connectivity index (χ4v) is 3.52. The molecule has 2 bridgehead atoms. The summed E-state index contributed by atoms with van der Waals surface area (Å²) in [7, 11) is -1.60. The lowest BCUT2D eigenvalue weighted by Gasteiger charge is -2.35. The first-order chi connectivity index (χ1) is 8.79. The van der Waals surface area contributed by atoms with E-state index in [2.05, 4.69) is 64.2 Å². The lowest BCUT2D eigenvalue weighted by atomic mass is 10.0. The Kier molecular flexibility index (Phi) is 4.22. The Morgan fingerprint density at radius 3 is 2.63 bits per heavy atom. The van der Waals surface area contributed by atoms with Crippen LogP contribution in [0.3, 0.4) is 0 Å². The van der Waals surface area contributed by atoms with Gasteiger partial charge in [-0.3, -0.25) is 0 Å². The van der Waals surface area contributed by atoms with Crippen molar-refractivity contribution in [2.24, 2.45) is 11.8 Å². The molecule has 2 aliphatic rings. The normalized spacial score (nSPS) is 29.0. The van der Waals surface area contributed by atoms with Crippen LogP contribution in [-0.2, 0) is 4.43 Å². The first kappa shape index (κ1) is 14.8. The third-order valence-electron chi connectivity index (χ3n) is 4.96. The highest BCUT2D eigenvalue weighted by molar-refractivity contribution is 6.74. The maximum atomic E-state index is 6.26. The topological polar surface area (TPSA) is 9.23 Å². The van der Waals surface area contributed by atoms with Crippen molar-refractivity contribution in [3.63, 3.8) is 0 Å². The minimum absolute atomic E-state index is 0.303.